The van der Waals surface area contributed by atoms with Crippen LogP contribution in [0.25, 0.3) is 0 Å². The fourth-order valence-corrected chi connectivity index (χ4v) is 1.79. The van der Waals surface area contributed by atoms with Crippen LogP contribution in [0.3, 0.4) is 0 Å². The van der Waals surface area contributed by atoms with Gasteiger partial charge in [0, 0.05) is 13.1 Å². The molecule has 0 unspecified atom stereocenters. The van der Waals surface area contributed by atoms with Crippen molar-refractivity contribution in [3.63, 3.8) is 0 Å². The zero-order valence-electron chi connectivity index (χ0n) is 9.40. The number of ether oxygens (including phenoxy) is 1. The summed E-state index contributed by atoms with van der Waals surface area (Å²) in [6.07, 6.45) is 0.443. The average Bonchev–Trinajstić information content (AvgIpc) is 2.46. The number of amides is 1. The lowest BCUT2D eigenvalue weighted by molar-refractivity contribution is -0.118. The van der Waals surface area contributed by atoms with E-state index in [2.05, 4.69) is 5.32 Å². The molecule has 2 rings (SSSR count). The second-order valence-corrected chi connectivity index (χ2v) is 3.72. The van der Waals surface area contributed by atoms with E-state index in [0.29, 0.717) is 19.6 Å². The molecule has 1 N–H and O–H groups in total. The van der Waals surface area contributed by atoms with E-state index in [9.17, 15) is 4.79 Å². The summed E-state index contributed by atoms with van der Waals surface area (Å²) in [7, 11) is 1.88. The van der Waals surface area contributed by atoms with E-state index in [1.165, 1.54) is 0 Å². The molecule has 1 aromatic rings. The fraction of sp³-hybridized carbons (Fsp3) is 0.417. The van der Waals surface area contributed by atoms with Crippen molar-refractivity contribution in [3.05, 3.63) is 24.3 Å². The van der Waals surface area contributed by atoms with Crippen molar-refractivity contribution in [1.82, 2.24) is 5.32 Å². The number of benzene rings is 1. The van der Waals surface area contributed by atoms with Crippen LogP contribution in [0.2, 0.25) is 0 Å². The molecule has 1 heterocycles. The van der Waals surface area contributed by atoms with Gasteiger partial charge in [-0.3, -0.25) is 4.79 Å². The number of rotatable bonds is 3. The number of hydrogen-bond donors (Lipinski definition) is 1. The first-order chi connectivity index (χ1) is 7.83. The Kier molecular flexibility index (Phi) is 3.41. The van der Waals surface area contributed by atoms with Gasteiger partial charge in [-0.05, 0) is 19.2 Å². The van der Waals surface area contributed by atoms with Crippen LogP contribution < -0.4 is 15.0 Å². The number of likely N-dealkylation sites (N-methyl/N-ethyl adjacent to an activating group) is 1. The zero-order valence-corrected chi connectivity index (χ0v) is 9.40. The molecule has 0 fully saturated rings. The standard InChI is InChI=1S/C12H16N2O2/c1-13-7-8-14-10-4-2-3-5-11(10)16-9-6-12(14)15/h2-5,13H,6-9H2,1H3. The molecule has 0 aromatic heterocycles. The fourth-order valence-electron chi connectivity index (χ4n) is 1.79. The minimum absolute atomic E-state index is 0.125. The summed E-state index contributed by atoms with van der Waals surface area (Å²) in [5, 5.41) is 3.05. The van der Waals surface area contributed by atoms with Crippen molar-refractivity contribution < 1.29 is 9.53 Å². The molecule has 4 nitrogen and oxygen atoms in total. The predicted octanol–water partition coefficient (Wildman–Crippen LogP) is 1.02. The molecule has 4 heteroatoms. The van der Waals surface area contributed by atoms with Gasteiger partial charge in [-0.2, -0.15) is 0 Å². The first-order valence-electron chi connectivity index (χ1n) is 5.49. The third-order valence-electron chi connectivity index (χ3n) is 2.62. The second-order valence-electron chi connectivity index (χ2n) is 3.72. The number of nitrogens with zero attached hydrogens (tertiary/aromatic N) is 1. The van der Waals surface area contributed by atoms with Crippen LogP contribution in [0.1, 0.15) is 6.42 Å². The van der Waals surface area contributed by atoms with Gasteiger partial charge in [0.25, 0.3) is 0 Å². The third kappa shape index (κ3) is 2.17. The quantitative estimate of drug-likeness (QED) is 0.827. The lowest BCUT2D eigenvalue weighted by atomic mass is 10.2. The summed E-state index contributed by atoms with van der Waals surface area (Å²) in [4.78, 5) is 13.7. The van der Waals surface area contributed by atoms with E-state index >= 15 is 0 Å². The molecule has 1 aliphatic heterocycles. The van der Waals surface area contributed by atoms with Gasteiger partial charge in [0.15, 0.2) is 0 Å². The highest BCUT2D eigenvalue weighted by Crippen LogP contribution is 2.30. The molecule has 16 heavy (non-hydrogen) atoms. The minimum atomic E-state index is 0.125. The number of carbonyl (C=O) groups excluding carboxylic acids is 1. The van der Waals surface area contributed by atoms with Gasteiger partial charge in [-0.15, -0.1) is 0 Å². The number of fused-ring (bicyclic) bond motifs is 1. The van der Waals surface area contributed by atoms with Gasteiger partial charge < -0.3 is 15.0 Å². The summed E-state index contributed by atoms with van der Waals surface area (Å²) in [5.74, 6) is 0.921. The number of nitrogens with one attached hydrogen (secondary N) is 1. The summed E-state index contributed by atoms with van der Waals surface area (Å²) >= 11 is 0. The van der Waals surface area contributed by atoms with Gasteiger partial charge in [-0.1, -0.05) is 12.1 Å². The van der Waals surface area contributed by atoms with Crippen LogP contribution in [0.4, 0.5) is 5.69 Å². The van der Waals surface area contributed by atoms with Crippen LogP contribution in [0.15, 0.2) is 24.3 Å². The van der Waals surface area contributed by atoms with E-state index in [4.69, 9.17) is 4.74 Å². The van der Waals surface area contributed by atoms with Crippen LogP contribution in [0, 0.1) is 0 Å². The highest BCUT2D eigenvalue weighted by molar-refractivity contribution is 5.95. The van der Waals surface area contributed by atoms with E-state index < -0.39 is 0 Å². The number of hydrogen-bond acceptors (Lipinski definition) is 3. The molecular weight excluding hydrogens is 204 g/mol. The Morgan fingerprint density at radius 1 is 1.44 bits per heavy atom. The molecule has 0 saturated carbocycles. The zero-order chi connectivity index (χ0) is 11.4. The summed E-state index contributed by atoms with van der Waals surface area (Å²) < 4.78 is 5.55. The smallest absolute Gasteiger partial charge is 0.230 e. The van der Waals surface area contributed by atoms with Crippen molar-refractivity contribution >= 4 is 11.6 Å². The molecule has 1 amide bonds. The number of carbonyl (C=O) groups is 1. The van der Waals surface area contributed by atoms with E-state index in [0.717, 1.165) is 18.0 Å². The number of para-hydroxylation sites is 2. The minimum Gasteiger partial charge on any atom is -0.491 e. The Balaban J connectivity index is 2.28. The first-order valence-corrected chi connectivity index (χ1v) is 5.49. The van der Waals surface area contributed by atoms with Gasteiger partial charge >= 0.3 is 0 Å². The lowest BCUT2D eigenvalue weighted by Gasteiger charge is -2.21. The van der Waals surface area contributed by atoms with Crippen molar-refractivity contribution in [1.29, 1.82) is 0 Å². The van der Waals surface area contributed by atoms with Crippen molar-refractivity contribution in [2.45, 2.75) is 6.42 Å². The Hall–Kier alpha value is -1.55. The largest absolute Gasteiger partial charge is 0.491 e. The molecule has 0 spiro atoms. The van der Waals surface area contributed by atoms with Crippen molar-refractivity contribution in [2.75, 3.05) is 31.6 Å². The molecule has 1 aromatic carbocycles. The summed E-state index contributed by atoms with van der Waals surface area (Å²) in [5.41, 5.74) is 0.875. The highest BCUT2D eigenvalue weighted by Gasteiger charge is 2.21. The maximum absolute atomic E-state index is 11.9. The van der Waals surface area contributed by atoms with Gasteiger partial charge in [0.1, 0.15) is 5.75 Å². The molecular formula is C12H16N2O2. The van der Waals surface area contributed by atoms with Gasteiger partial charge in [0.05, 0.1) is 18.7 Å². The van der Waals surface area contributed by atoms with Gasteiger partial charge in [-0.25, -0.2) is 0 Å². The maximum Gasteiger partial charge on any atom is 0.230 e. The third-order valence-corrected chi connectivity index (χ3v) is 2.62. The molecule has 1 aliphatic rings. The first kappa shape index (κ1) is 11.0. The molecule has 0 bridgehead atoms. The van der Waals surface area contributed by atoms with Crippen LogP contribution in [-0.4, -0.2) is 32.7 Å². The second kappa shape index (κ2) is 4.99. The highest BCUT2D eigenvalue weighted by atomic mass is 16.5. The predicted molar refractivity (Wildman–Crippen MR) is 62.8 cm³/mol. The van der Waals surface area contributed by atoms with Crippen LogP contribution in [-0.2, 0) is 4.79 Å². The monoisotopic (exact) mass is 220 g/mol. The Morgan fingerprint density at radius 2 is 2.25 bits per heavy atom. The summed E-state index contributed by atoms with van der Waals surface area (Å²) in [6, 6.07) is 7.67. The molecule has 86 valence electrons. The normalized spacial score (nSPS) is 15.3. The Morgan fingerprint density at radius 3 is 3.06 bits per heavy atom. The Labute approximate surface area is 95.2 Å². The number of anilines is 1. The van der Waals surface area contributed by atoms with Crippen molar-refractivity contribution in [3.8, 4) is 5.75 Å². The van der Waals surface area contributed by atoms with E-state index in [-0.39, 0.29) is 5.91 Å². The van der Waals surface area contributed by atoms with E-state index in [1.54, 1.807) is 4.90 Å². The van der Waals surface area contributed by atoms with Crippen molar-refractivity contribution in [2.24, 2.45) is 0 Å². The maximum atomic E-state index is 11.9. The lowest BCUT2D eigenvalue weighted by Crippen LogP contribution is -2.35. The molecule has 0 aliphatic carbocycles. The summed E-state index contributed by atoms with van der Waals surface area (Å²) in [6.45, 7) is 1.92. The van der Waals surface area contributed by atoms with Crippen LogP contribution in [0.5, 0.6) is 5.75 Å². The van der Waals surface area contributed by atoms with Crippen LogP contribution >= 0.6 is 0 Å². The molecule has 0 radical (unpaired) electrons. The molecule has 0 atom stereocenters. The topological polar surface area (TPSA) is 41.6 Å². The SMILES string of the molecule is CNCCN1C(=O)CCOc2ccccc21. The Bertz CT molecular complexity index is 379. The average molecular weight is 220 g/mol. The van der Waals surface area contributed by atoms with Gasteiger partial charge in [0.2, 0.25) is 5.91 Å². The van der Waals surface area contributed by atoms with E-state index in [1.807, 2.05) is 31.3 Å². The molecule has 0 saturated heterocycles.